The third-order valence-corrected chi connectivity index (χ3v) is 2.56. The third-order valence-electron chi connectivity index (χ3n) is 2.56. The SMILES string of the molecule is CCc1cncnc1N1CCNCC1.Cl. The highest BCUT2D eigenvalue weighted by atomic mass is 35.5. The first-order chi connectivity index (χ1) is 6.92. The fourth-order valence-electron chi connectivity index (χ4n) is 1.76. The molecule has 0 aromatic carbocycles. The molecular formula is C10H17ClN4. The summed E-state index contributed by atoms with van der Waals surface area (Å²) in [5, 5.41) is 3.34. The first kappa shape index (κ1) is 12.2. The number of piperazine rings is 1. The van der Waals surface area contributed by atoms with Gasteiger partial charge < -0.3 is 10.2 Å². The quantitative estimate of drug-likeness (QED) is 0.816. The molecule has 1 aliphatic heterocycles. The molecule has 5 heteroatoms. The second kappa shape index (κ2) is 5.88. The van der Waals surface area contributed by atoms with Crippen molar-refractivity contribution < 1.29 is 0 Å². The van der Waals surface area contributed by atoms with Gasteiger partial charge in [0.2, 0.25) is 0 Å². The summed E-state index contributed by atoms with van der Waals surface area (Å²) >= 11 is 0. The van der Waals surface area contributed by atoms with E-state index < -0.39 is 0 Å². The molecule has 4 nitrogen and oxygen atoms in total. The van der Waals surface area contributed by atoms with E-state index in [-0.39, 0.29) is 12.4 Å². The van der Waals surface area contributed by atoms with Gasteiger partial charge in [-0.25, -0.2) is 9.97 Å². The van der Waals surface area contributed by atoms with Crippen LogP contribution in [-0.2, 0) is 6.42 Å². The lowest BCUT2D eigenvalue weighted by Gasteiger charge is -2.29. The zero-order valence-corrected chi connectivity index (χ0v) is 9.76. The zero-order chi connectivity index (χ0) is 9.80. The lowest BCUT2D eigenvalue weighted by molar-refractivity contribution is 0.583. The van der Waals surface area contributed by atoms with Crippen LogP contribution in [0.25, 0.3) is 0 Å². The average molecular weight is 229 g/mol. The highest BCUT2D eigenvalue weighted by molar-refractivity contribution is 5.85. The van der Waals surface area contributed by atoms with Gasteiger partial charge in [-0.15, -0.1) is 12.4 Å². The Morgan fingerprint density at radius 3 is 2.80 bits per heavy atom. The van der Waals surface area contributed by atoms with Gasteiger partial charge in [-0.3, -0.25) is 0 Å². The molecule has 1 fully saturated rings. The number of nitrogens with one attached hydrogen (secondary N) is 1. The zero-order valence-electron chi connectivity index (χ0n) is 8.94. The Hall–Kier alpha value is -0.870. The molecule has 1 saturated heterocycles. The Labute approximate surface area is 96.5 Å². The van der Waals surface area contributed by atoms with Gasteiger partial charge >= 0.3 is 0 Å². The van der Waals surface area contributed by atoms with Gasteiger partial charge in [0.1, 0.15) is 12.1 Å². The number of aromatic nitrogens is 2. The molecule has 0 radical (unpaired) electrons. The van der Waals surface area contributed by atoms with Crippen LogP contribution in [0.15, 0.2) is 12.5 Å². The first-order valence-electron chi connectivity index (χ1n) is 5.16. The van der Waals surface area contributed by atoms with Crippen LogP contribution in [0, 0.1) is 0 Å². The van der Waals surface area contributed by atoms with Crippen molar-refractivity contribution in [2.24, 2.45) is 0 Å². The molecule has 1 aliphatic rings. The van der Waals surface area contributed by atoms with Crippen molar-refractivity contribution in [3.8, 4) is 0 Å². The average Bonchev–Trinajstić information content (AvgIpc) is 2.30. The Morgan fingerprint density at radius 1 is 1.40 bits per heavy atom. The maximum absolute atomic E-state index is 4.36. The molecule has 15 heavy (non-hydrogen) atoms. The first-order valence-corrected chi connectivity index (χ1v) is 5.16. The molecule has 0 saturated carbocycles. The predicted molar refractivity (Wildman–Crippen MR) is 63.7 cm³/mol. The number of aryl methyl sites for hydroxylation is 1. The van der Waals surface area contributed by atoms with Crippen molar-refractivity contribution in [2.45, 2.75) is 13.3 Å². The molecule has 1 N–H and O–H groups in total. The molecule has 1 aromatic rings. The Balaban J connectivity index is 0.00000112. The topological polar surface area (TPSA) is 41.1 Å². The molecular weight excluding hydrogens is 212 g/mol. The van der Waals surface area contributed by atoms with Crippen LogP contribution < -0.4 is 10.2 Å². The van der Waals surface area contributed by atoms with E-state index in [2.05, 4.69) is 27.1 Å². The normalized spacial score (nSPS) is 15.9. The number of nitrogens with zero attached hydrogens (tertiary/aromatic N) is 3. The predicted octanol–water partition coefficient (Wildman–Crippen LogP) is 0.870. The highest BCUT2D eigenvalue weighted by Gasteiger charge is 2.14. The fourth-order valence-corrected chi connectivity index (χ4v) is 1.76. The maximum Gasteiger partial charge on any atom is 0.135 e. The lowest BCUT2D eigenvalue weighted by atomic mass is 10.2. The number of rotatable bonds is 2. The second-order valence-electron chi connectivity index (χ2n) is 3.46. The molecule has 0 unspecified atom stereocenters. The van der Waals surface area contributed by atoms with E-state index in [1.165, 1.54) is 5.56 Å². The second-order valence-corrected chi connectivity index (χ2v) is 3.46. The summed E-state index contributed by atoms with van der Waals surface area (Å²) in [6, 6.07) is 0. The van der Waals surface area contributed by atoms with Crippen molar-refractivity contribution >= 4 is 18.2 Å². The largest absolute Gasteiger partial charge is 0.354 e. The summed E-state index contributed by atoms with van der Waals surface area (Å²) in [6.45, 7) is 6.33. The van der Waals surface area contributed by atoms with Gasteiger partial charge in [0, 0.05) is 37.9 Å². The van der Waals surface area contributed by atoms with Crippen molar-refractivity contribution in [1.82, 2.24) is 15.3 Å². The maximum atomic E-state index is 4.36. The van der Waals surface area contributed by atoms with E-state index in [0.29, 0.717) is 0 Å². The van der Waals surface area contributed by atoms with Gasteiger partial charge in [-0.2, -0.15) is 0 Å². The van der Waals surface area contributed by atoms with E-state index in [0.717, 1.165) is 38.4 Å². The summed E-state index contributed by atoms with van der Waals surface area (Å²) in [7, 11) is 0. The minimum absolute atomic E-state index is 0. The monoisotopic (exact) mass is 228 g/mol. The highest BCUT2D eigenvalue weighted by Crippen LogP contribution is 2.16. The molecule has 0 spiro atoms. The Kier molecular flexibility index (Phi) is 4.78. The van der Waals surface area contributed by atoms with Gasteiger partial charge in [0.15, 0.2) is 0 Å². The molecule has 84 valence electrons. The number of hydrogen-bond donors (Lipinski definition) is 1. The fraction of sp³-hybridized carbons (Fsp3) is 0.600. The smallest absolute Gasteiger partial charge is 0.135 e. The lowest BCUT2D eigenvalue weighted by Crippen LogP contribution is -2.44. The van der Waals surface area contributed by atoms with Crippen molar-refractivity contribution in [3.05, 3.63) is 18.1 Å². The van der Waals surface area contributed by atoms with E-state index in [1.54, 1.807) is 6.33 Å². The van der Waals surface area contributed by atoms with Gasteiger partial charge in [0.25, 0.3) is 0 Å². The third kappa shape index (κ3) is 2.79. The van der Waals surface area contributed by atoms with Crippen LogP contribution in [0.5, 0.6) is 0 Å². The standard InChI is InChI=1S/C10H16N4.ClH/c1-2-9-7-12-8-13-10(9)14-5-3-11-4-6-14;/h7-8,11H,2-6H2,1H3;1H. The minimum Gasteiger partial charge on any atom is -0.354 e. The van der Waals surface area contributed by atoms with E-state index >= 15 is 0 Å². The van der Waals surface area contributed by atoms with Crippen LogP contribution in [0.1, 0.15) is 12.5 Å². The van der Waals surface area contributed by atoms with Gasteiger partial charge in [-0.1, -0.05) is 6.92 Å². The number of anilines is 1. The van der Waals surface area contributed by atoms with Crippen LogP contribution >= 0.6 is 12.4 Å². The minimum atomic E-state index is 0. The summed E-state index contributed by atoms with van der Waals surface area (Å²) < 4.78 is 0. The van der Waals surface area contributed by atoms with Crippen LogP contribution in [0.2, 0.25) is 0 Å². The van der Waals surface area contributed by atoms with Crippen LogP contribution in [0.4, 0.5) is 5.82 Å². The van der Waals surface area contributed by atoms with Crippen molar-refractivity contribution in [2.75, 3.05) is 31.1 Å². The summed E-state index contributed by atoms with van der Waals surface area (Å²) in [5.41, 5.74) is 1.24. The molecule has 2 heterocycles. The van der Waals surface area contributed by atoms with Crippen molar-refractivity contribution in [1.29, 1.82) is 0 Å². The summed E-state index contributed by atoms with van der Waals surface area (Å²) in [6.07, 6.45) is 4.56. The molecule has 1 aromatic heterocycles. The van der Waals surface area contributed by atoms with E-state index in [4.69, 9.17) is 0 Å². The van der Waals surface area contributed by atoms with E-state index in [1.807, 2.05) is 6.20 Å². The Bertz CT molecular complexity index is 299. The molecule has 0 amide bonds. The Morgan fingerprint density at radius 2 is 2.13 bits per heavy atom. The summed E-state index contributed by atoms with van der Waals surface area (Å²) in [5.74, 6) is 1.11. The van der Waals surface area contributed by atoms with Gasteiger partial charge in [-0.05, 0) is 6.42 Å². The van der Waals surface area contributed by atoms with Crippen molar-refractivity contribution in [3.63, 3.8) is 0 Å². The van der Waals surface area contributed by atoms with Gasteiger partial charge in [0.05, 0.1) is 0 Å². The molecule has 0 bridgehead atoms. The molecule has 0 atom stereocenters. The van der Waals surface area contributed by atoms with Crippen LogP contribution in [-0.4, -0.2) is 36.1 Å². The number of hydrogen-bond acceptors (Lipinski definition) is 4. The molecule has 2 rings (SSSR count). The number of halogens is 1. The van der Waals surface area contributed by atoms with Crippen LogP contribution in [0.3, 0.4) is 0 Å². The van der Waals surface area contributed by atoms with E-state index in [9.17, 15) is 0 Å². The summed E-state index contributed by atoms with van der Waals surface area (Å²) in [4.78, 5) is 10.7. The molecule has 0 aliphatic carbocycles.